The van der Waals surface area contributed by atoms with Crippen LogP contribution in [0.4, 0.5) is 0 Å². The van der Waals surface area contributed by atoms with Gasteiger partial charge in [0.2, 0.25) is 5.85 Å². The molecule has 0 saturated carbocycles. The summed E-state index contributed by atoms with van der Waals surface area (Å²) in [7, 11) is -2.31. The Kier molecular flexibility index (Phi) is 5.93. The van der Waals surface area contributed by atoms with Crippen molar-refractivity contribution >= 4 is 30.1 Å². The zero-order chi connectivity index (χ0) is 20.3. The lowest BCUT2D eigenvalue weighted by Crippen LogP contribution is -2.14. The van der Waals surface area contributed by atoms with E-state index in [-0.39, 0.29) is 18.9 Å². The van der Waals surface area contributed by atoms with Gasteiger partial charge in [-0.1, -0.05) is 0 Å². The summed E-state index contributed by atoms with van der Waals surface area (Å²) in [6.07, 6.45) is 0. The predicted octanol–water partition coefficient (Wildman–Crippen LogP) is 3.11. The second-order valence-corrected chi connectivity index (χ2v) is 7.84. The van der Waals surface area contributed by atoms with Gasteiger partial charge in [0.25, 0.3) is 0 Å². The lowest BCUT2D eigenvalue weighted by molar-refractivity contribution is -0.144. The van der Waals surface area contributed by atoms with Gasteiger partial charge < -0.3 is 18.5 Å². The van der Waals surface area contributed by atoms with Crippen molar-refractivity contribution in [3.8, 4) is 5.75 Å². The van der Waals surface area contributed by atoms with E-state index in [4.69, 9.17) is 18.5 Å². The van der Waals surface area contributed by atoms with E-state index in [1.165, 1.54) is 11.4 Å². The average molecular weight is 408 g/mol. The number of nitrogens with zero attached hydrogens (tertiary/aromatic N) is 4. The lowest BCUT2D eigenvalue weighted by atomic mass is 10.1. The normalized spacial score (nSPS) is 13.0. The minimum absolute atomic E-state index is 0.109. The van der Waals surface area contributed by atoms with Gasteiger partial charge in [-0.2, -0.15) is 4.52 Å². The molecule has 0 bridgehead atoms. The Hall–Kier alpha value is -2.55. The number of hydrogen-bond acceptors (Lipinski definition) is 9. The number of methoxy groups -OCH3 is 1. The number of hydrogen-bond donors (Lipinski definition) is 0. The molecule has 150 valence electrons. The number of tetrazole rings is 1. The first-order valence-corrected chi connectivity index (χ1v) is 10.3. The van der Waals surface area contributed by atoms with Crippen molar-refractivity contribution in [1.82, 2.24) is 20.0 Å². The predicted molar refractivity (Wildman–Crippen MR) is 100 cm³/mol. The maximum atomic E-state index is 13.4. The average Bonchev–Trinajstić information content (AvgIpc) is 3.15. The van der Waals surface area contributed by atoms with E-state index >= 15 is 0 Å². The summed E-state index contributed by atoms with van der Waals surface area (Å²) in [5, 5.41) is 12.4. The Labute approximate surface area is 161 Å². The number of ether oxygens (including phenoxy) is 2. The molecule has 2 heterocycles. The van der Waals surface area contributed by atoms with Crippen LogP contribution in [0.1, 0.15) is 32.2 Å². The fourth-order valence-electron chi connectivity index (χ4n) is 2.90. The minimum Gasteiger partial charge on any atom is -0.497 e. The molecule has 2 aromatic heterocycles. The van der Waals surface area contributed by atoms with Gasteiger partial charge in [-0.3, -0.25) is 9.36 Å². The first kappa shape index (κ1) is 20.2. The summed E-state index contributed by atoms with van der Waals surface area (Å²) in [4.78, 5) is 11.8. The summed E-state index contributed by atoms with van der Waals surface area (Å²) in [5.41, 5.74) is 1.29. The first-order valence-electron chi connectivity index (χ1n) is 8.68. The molecule has 3 aromatic rings. The van der Waals surface area contributed by atoms with Crippen molar-refractivity contribution in [2.45, 2.75) is 26.6 Å². The van der Waals surface area contributed by atoms with Crippen molar-refractivity contribution in [3.63, 3.8) is 0 Å². The SMILES string of the molecule is CCOP(=O)(OCC)C(OC(C)=O)c1cc2cc(OC)ccc2n2nnnc12. The quantitative estimate of drug-likeness (QED) is 0.409. The number of esters is 1. The highest BCUT2D eigenvalue weighted by molar-refractivity contribution is 7.54. The molecule has 28 heavy (non-hydrogen) atoms. The van der Waals surface area contributed by atoms with Gasteiger partial charge >= 0.3 is 13.6 Å². The summed E-state index contributed by atoms with van der Waals surface area (Å²) in [5.74, 6) is -1.34. The maximum absolute atomic E-state index is 13.4. The van der Waals surface area contributed by atoms with Crippen LogP contribution in [-0.4, -0.2) is 46.3 Å². The molecule has 3 rings (SSSR count). The first-order chi connectivity index (χ1) is 13.4. The van der Waals surface area contributed by atoms with Gasteiger partial charge in [-0.05, 0) is 48.5 Å². The van der Waals surface area contributed by atoms with Crippen LogP contribution in [0.2, 0.25) is 0 Å². The molecule has 0 radical (unpaired) electrons. The highest BCUT2D eigenvalue weighted by Crippen LogP contribution is 2.62. The Balaban J connectivity index is 2.29. The molecule has 0 aliphatic rings. The highest BCUT2D eigenvalue weighted by Gasteiger charge is 2.42. The number of carbonyl (C=O) groups is 1. The van der Waals surface area contributed by atoms with Crippen LogP contribution in [0, 0.1) is 0 Å². The zero-order valence-electron chi connectivity index (χ0n) is 16.0. The zero-order valence-corrected chi connectivity index (χ0v) is 16.9. The number of benzene rings is 1. The van der Waals surface area contributed by atoms with E-state index in [1.54, 1.807) is 45.2 Å². The summed E-state index contributed by atoms with van der Waals surface area (Å²) >= 11 is 0. The molecule has 0 aliphatic heterocycles. The second-order valence-electron chi connectivity index (χ2n) is 5.78. The fraction of sp³-hybridized carbons (Fsp3) is 0.412. The van der Waals surface area contributed by atoms with E-state index in [9.17, 15) is 9.36 Å². The van der Waals surface area contributed by atoms with Crippen LogP contribution >= 0.6 is 7.60 Å². The van der Waals surface area contributed by atoms with Crippen molar-refractivity contribution < 1.29 is 27.9 Å². The third-order valence-electron chi connectivity index (χ3n) is 3.95. The van der Waals surface area contributed by atoms with Gasteiger partial charge in [0.15, 0.2) is 5.65 Å². The molecular weight excluding hydrogens is 387 g/mol. The van der Waals surface area contributed by atoms with Crippen LogP contribution in [0.3, 0.4) is 0 Å². The van der Waals surface area contributed by atoms with E-state index in [0.717, 1.165) is 0 Å². The summed E-state index contributed by atoms with van der Waals surface area (Å²) in [6, 6.07) is 7.05. The third-order valence-corrected chi connectivity index (χ3v) is 6.14. The standard InChI is InChI=1S/C17H21N4O6P/c1-5-25-28(23,26-6-2)17(27-11(3)22)14-10-12-9-13(24-4)7-8-15(12)21-16(14)18-19-20-21/h7-10,17H,5-6H2,1-4H3. The van der Waals surface area contributed by atoms with Crippen LogP contribution in [0.5, 0.6) is 5.75 Å². The molecule has 0 spiro atoms. The number of fused-ring (bicyclic) bond motifs is 3. The largest absolute Gasteiger partial charge is 0.497 e. The Morgan fingerprint density at radius 2 is 1.93 bits per heavy atom. The maximum Gasteiger partial charge on any atom is 0.375 e. The Morgan fingerprint density at radius 3 is 2.54 bits per heavy atom. The van der Waals surface area contributed by atoms with Gasteiger partial charge in [-0.15, -0.1) is 5.10 Å². The van der Waals surface area contributed by atoms with E-state index < -0.39 is 19.4 Å². The number of carbonyl (C=O) groups excluding carboxylic acids is 1. The molecule has 1 atom stereocenters. The monoisotopic (exact) mass is 408 g/mol. The Bertz CT molecular complexity index is 1040. The number of pyridine rings is 1. The van der Waals surface area contributed by atoms with Crippen molar-refractivity contribution in [2.75, 3.05) is 20.3 Å². The van der Waals surface area contributed by atoms with Crippen molar-refractivity contribution in [1.29, 1.82) is 0 Å². The Morgan fingerprint density at radius 1 is 1.21 bits per heavy atom. The summed E-state index contributed by atoms with van der Waals surface area (Å²) < 4.78 is 36.4. The van der Waals surface area contributed by atoms with Gasteiger partial charge in [0, 0.05) is 12.3 Å². The molecule has 1 unspecified atom stereocenters. The van der Waals surface area contributed by atoms with Gasteiger partial charge in [0.05, 0.1) is 31.4 Å². The van der Waals surface area contributed by atoms with Crippen molar-refractivity contribution in [2.24, 2.45) is 0 Å². The summed E-state index contributed by atoms with van der Waals surface area (Å²) in [6.45, 7) is 4.79. The van der Waals surface area contributed by atoms with Crippen LogP contribution < -0.4 is 4.74 Å². The third kappa shape index (κ3) is 3.71. The molecular formula is C17H21N4O6P. The topological polar surface area (TPSA) is 114 Å². The fourth-order valence-corrected chi connectivity index (χ4v) is 4.77. The number of rotatable bonds is 8. The smallest absolute Gasteiger partial charge is 0.375 e. The lowest BCUT2D eigenvalue weighted by Gasteiger charge is -2.26. The highest BCUT2D eigenvalue weighted by atomic mass is 31.2. The van der Waals surface area contributed by atoms with Crippen LogP contribution in [-0.2, 0) is 23.1 Å². The molecule has 1 aromatic carbocycles. The molecule has 0 amide bonds. The van der Waals surface area contributed by atoms with Crippen LogP contribution in [0.15, 0.2) is 24.3 Å². The van der Waals surface area contributed by atoms with E-state index in [1.807, 2.05) is 0 Å². The van der Waals surface area contributed by atoms with E-state index in [2.05, 4.69) is 15.5 Å². The van der Waals surface area contributed by atoms with Gasteiger partial charge in [-0.25, -0.2) is 0 Å². The van der Waals surface area contributed by atoms with Crippen LogP contribution in [0.25, 0.3) is 16.6 Å². The molecule has 11 heteroatoms. The molecule has 0 fully saturated rings. The molecule has 0 saturated heterocycles. The van der Waals surface area contributed by atoms with Crippen molar-refractivity contribution in [3.05, 3.63) is 29.8 Å². The molecule has 10 nitrogen and oxygen atoms in total. The molecule has 0 N–H and O–H groups in total. The second kappa shape index (κ2) is 8.22. The number of aromatic nitrogens is 4. The molecule has 0 aliphatic carbocycles. The van der Waals surface area contributed by atoms with Gasteiger partial charge in [0.1, 0.15) is 5.75 Å². The van der Waals surface area contributed by atoms with E-state index in [0.29, 0.717) is 22.2 Å². The minimum atomic E-state index is -3.87.